The summed E-state index contributed by atoms with van der Waals surface area (Å²) in [5.74, 6) is 1.31. The Labute approximate surface area is 169 Å². The van der Waals surface area contributed by atoms with Gasteiger partial charge in [0, 0.05) is 50.3 Å². The molecule has 8 nitrogen and oxygen atoms in total. The molecule has 0 amide bonds. The van der Waals surface area contributed by atoms with Crippen molar-refractivity contribution in [2.24, 2.45) is 0 Å². The number of aryl methyl sites for hydroxylation is 1. The predicted molar refractivity (Wildman–Crippen MR) is 113 cm³/mol. The van der Waals surface area contributed by atoms with Gasteiger partial charge in [-0.25, -0.2) is 15.0 Å². The smallest absolute Gasteiger partial charge is 0.152 e. The number of pyridine rings is 1. The monoisotopic (exact) mass is 394 g/mol. The fourth-order valence-corrected chi connectivity index (χ4v) is 3.58. The first-order valence-corrected chi connectivity index (χ1v) is 9.86. The molecule has 8 heteroatoms. The summed E-state index contributed by atoms with van der Waals surface area (Å²) in [5.41, 5.74) is 9.88. The van der Waals surface area contributed by atoms with Crippen LogP contribution in [0.5, 0.6) is 0 Å². The number of nitrogens with two attached hydrogens (primary N) is 1. The van der Waals surface area contributed by atoms with E-state index in [9.17, 15) is 0 Å². The SMILES string of the molecule is CCOCc1nc2c(N)nc3cc(-n4ccnc4)ccc3c2n1CCCCOC. The molecule has 0 spiro atoms. The average Bonchev–Trinajstić information content (AvgIpc) is 3.38. The van der Waals surface area contributed by atoms with Crippen LogP contribution in [0.15, 0.2) is 36.9 Å². The van der Waals surface area contributed by atoms with Crippen LogP contribution >= 0.6 is 0 Å². The summed E-state index contributed by atoms with van der Waals surface area (Å²) in [5, 5.41) is 1.03. The van der Waals surface area contributed by atoms with Gasteiger partial charge in [0.05, 0.1) is 17.4 Å². The number of hydrogen-bond donors (Lipinski definition) is 1. The Morgan fingerprint density at radius 2 is 2.07 bits per heavy atom. The molecule has 0 aliphatic carbocycles. The zero-order chi connectivity index (χ0) is 20.2. The van der Waals surface area contributed by atoms with Gasteiger partial charge in [-0.05, 0) is 38.0 Å². The highest BCUT2D eigenvalue weighted by Gasteiger charge is 2.17. The van der Waals surface area contributed by atoms with Gasteiger partial charge in [-0.15, -0.1) is 0 Å². The maximum atomic E-state index is 6.31. The van der Waals surface area contributed by atoms with Gasteiger partial charge in [0.2, 0.25) is 0 Å². The summed E-state index contributed by atoms with van der Waals surface area (Å²) in [7, 11) is 1.73. The van der Waals surface area contributed by atoms with Gasteiger partial charge in [0.25, 0.3) is 0 Å². The molecule has 4 rings (SSSR count). The summed E-state index contributed by atoms with van der Waals surface area (Å²) >= 11 is 0. The number of nitrogen functional groups attached to an aromatic ring is 1. The molecule has 3 aromatic heterocycles. The average molecular weight is 394 g/mol. The quantitative estimate of drug-likeness (QED) is 0.438. The fourth-order valence-electron chi connectivity index (χ4n) is 3.58. The highest BCUT2D eigenvalue weighted by molar-refractivity contribution is 6.07. The molecule has 0 atom stereocenters. The Kier molecular flexibility index (Phi) is 5.73. The summed E-state index contributed by atoms with van der Waals surface area (Å²) < 4.78 is 15.0. The second-order valence-corrected chi connectivity index (χ2v) is 6.88. The Bertz CT molecular complexity index is 1100. The minimum absolute atomic E-state index is 0.434. The number of fused-ring (bicyclic) bond motifs is 3. The number of imidazole rings is 2. The summed E-state index contributed by atoms with van der Waals surface area (Å²) in [6, 6.07) is 6.17. The molecule has 0 aliphatic rings. The standard InChI is InChI=1S/C21H26N6O2/c1-3-29-13-18-25-19-20(27(18)9-4-5-11-28-2)16-7-6-15(26-10-8-23-14-26)12-17(16)24-21(19)22/h6-8,10,12,14H,3-5,9,11,13H2,1-2H3,(H2,22,24). The molecule has 0 unspecified atom stereocenters. The zero-order valence-corrected chi connectivity index (χ0v) is 16.8. The van der Waals surface area contributed by atoms with Crippen LogP contribution in [0.3, 0.4) is 0 Å². The Hall–Kier alpha value is -2.97. The van der Waals surface area contributed by atoms with Crippen molar-refractivity contribution in [3.63, 3.8) is 0 Å². The lowest BCUT2D eigenvalue weighted by atomic mass is 10.1. The second-order valence-electron chi connectivity index (χ2n) is 6.88. The van der Waals surface area contributed by atoms with Crippen molar-refractivity contribution in [2.45, 2.75) is 32.9 Å². The van der Waals surface area contributed by atoms with E-state index in [0.29, 0.717) is 19.0 Å². The van der Waals surface area contributed by atoms with E-state index in [1.165, 1.54) is 0 Å². The molecule has 0 radical (unpaired) electrons. The fraction of sp³-hybridized carbons (Fsp3) is 0.381. The number of anilines is 1. The van der Waals surface area contributed by atoms with Crippen LogP contribution in [-0.4, -0.2) is 44.4 Å². The normalized spacial score (nSPS) is 11.7. The third-order valence-corrected chi connectivity index (χ3v) is 4.98. The van der Waals surface area contributed by atoms with Crippen molar-refractivity contribution in [1.29, 1.82) is 0 Å². The number of methoxy groups -OCH3 is 1. The van der Waals surface area contributed by atoms with E-state index in [2.05, 4.69) is 26.7 Å². The van der Waals surface area contributed by atoms with E-state index < -0.39 is 0 Å². The summed E-state index contributed by atoms with van der Waals surface area (Å²) in [6.45, 7) is 4.63. The Morgan fingerprint density at radius 3 is 2.83 bits per heavy atom. The Balaban J connectivity index is 1.84. The highest BCUT2D eigenvalue weighted by Crippen LogP contribution is 2.30. The lowest BCUT2D eigenvalue weighted by molar-refractivity contribution is 0.125. The molecular formula is C21H26N6O2. The molecule has 2 N–H and O–H groups in total. The van der Waals surface area contributed by atoms with E-state index >= 15 is 0 Å². The molecule has 4 aromatic rings. The van der Waals surface area contributed by atoms with Gasteiger partial charge >= 0.3 is 0 Å². The molecule has 3 heterocycles. The van der Waals surface area contributed by atoms with Crippen LogP contribution in [0.4, 0.5) is 5.82 Å². The topological polar surface area (TPSA) is 93.0 Å². The first kappa shape index (κ1) is 19.4. The molecular weight excluding hydrogens is 368 g/mol. The molecule has 0 aliphatic heterocycles. The Morgan fingerprint density at radius 1 is 1.17 bits per heavy atom. The predicted octanol–water partition coefficient (Wildman–Crippen LogP) is 3.32. The van der Waals surface area contributed by atoms with E-state index in [-0.39, 0.29) is 0 Å². The van der Waals surface area contributed by atoms with E-state index in [4.69, 9.17) is 20.2 Å². The van der Waals surface area contributed by atoms with E-state index in [0.717, 1.165) is 59.4 Å². The molecule has 0 fully saturated rings. The van der Waals surface area contributed by atoms with E-state index in [1.807, 2.05) is 23.8 Å². The maximum absolute atomic E-state index is 6.31. The van der Waals surface area contributed by atoms with Gasteiger partial charge in [-0.2, -0.15) is 0 Å². The van der Waals surface area contributed by atoms with Gasteiger partial charge in [0.15, 0.2) is 5.82 Å². The number of benzene rings is 1. The van der Waals surface area contributed by atoms with Crippen LogP contribution in [-0.2, 0) is 22.6 Å². The van der Waals surface area contributed by atoms with Crippen molar-refractivity contribution in [1.82, 2.24) is 24.1 Å². The molecule has 0 saturated carbocycles. The number of nitrogens with zero attached hydrogens (tertiary/aromatic N) is 5. The zero-order valence-electron chi connectivity index (χ0n) is 16.8. The molecule has 29 heavy (non-hydrogen) atoms. The number of unbranched alkanes of at least 4 members (excludes halogenated alkanes) is 1. The van der Waals surface area contributed by atoms with Crippen LogP contribution in [0.25, 0.3) is 27.6 Å². The molecule has 0 bridgehead atoms. The van der Waals surface area contributed by atoms with Crippen LogP contribution < -0.4 is 5.73 Å². The van der Waals surface area contributed by atoms with Gasteiger partial charge < -0.3 is 24.3 Å². The van der Waals surface area contributed by atoms with Gasteiger partial charge in [-0.3, -0.25) is 0 Å². The minimum atomic E-state index is 0.434. The third kappa shape index (κ3) is 3.81. The second kappa shape index (κ2) is 8.59. The molecule has 1 aromatic carbocycles. The lowest BCUT2D eigenvalue weighted by Crippen LogP contribution is -2.07. The van der Waals surface area contributed by atoms with Crippen LogP contribution in [0.1, 0.15) is 25.6 Å². The summed E-state index contributed by atoms with van der Waals surface area (Å²) in [4.78, 5) is 13.5. The largest absolute Gasteiger partial charge is 0.385 e. The molecule has 0 saturated heterocycles. The number of rotatable bonds is 9. The maximum Gasteiger partial charge on any atom is 0.152 e. The van der Waals surface area contributed by atoms with E-state index in [1.54, 1.807) is 19.6 Å². The van der Waals surface area contributed by atoms with Crippen molar-refractivity contribution in [3.05, 3.63) is 42.7 Å². The van der Waals surface area contributed by atoms with Crippen LogP contribution in [0.2, 0.25) is 0 Å². The minimum Gasteiger partial charge on any atom is -0.385 e. The van der Waals surface area contributed by atoms with Crippen molar-refractivity contribution in [3.8, 4) is 5.69 Å². The molecule has 152 valence electrons. The third-order valence-electron chi connectivity index (χ3n) is 4.98. The number of hydrogen-bond acceptors (Lipinski definition) is 6. The first-order valence-electron chi connectivity index (χ1n) is 9.86. The van der Waals surface area contributed by atoms with Crippen LogP contribution in [0, 0.1) is 0 Å². The van der Waals surface area contributed by atoms with Gasteiger partial charge in [0.1, 0.15) is 17.9 Å². The lowest BCUT2D eigenvalue weighted by Gasteiger charge is -2.12. The first-order chi connectivity index (χ1) is 14.2. The number of aromatic nitrogens is 5. The van der Waals surface area contributed by atoms with Crippen molar-refractivity contribution < 1.29 is 9.47 Å². The number of ether oxygens (including phenoxy) is 2. The van der Waals surface area contributed by atoms with Crippen molar-refractivity contribution >= 4 is 27.8 Å². The highest BCUT2D eigenvalue weighted by atomic mass is 16.5. The summed E-state index contributed by atoms with van der Waals surface area (Å²) in [6.07, 6.45) is 7.39. The van der Waals surface area contributed by atoms with Crippen molar-refractivity contribution in [2.75, 3.05) is 26.1 Å². The van der Waals surface area contributed by atoms with Gasteiger partial charge in [-0.1, -0.05) is 0 Å².